The number of unbranched alkanes of at least 4 members (excludes halogenated alkanes) is 8. The van der Waals surface area contributed by atoms with E-state index in [2.05, 4.69) is 0 Å². The van der Waals surface area contributed by atoms with E-state index in [1.807, 2.05) is 0 Å². The third-order valence-electron chi connectivity index (χ3n) is 3.91. The molecule has 0 bridgehead atoms. The summed E-state index contributed by atoms with van der Waals surface area (Å²) in [5.74, 6) is -10.2. The van der Waals surface area contributed by atoms with Crippen molar-refractivity contribution < 1.29 is 30.9 Å². The molecule has 0 amide bonds. The summed E-state index contributed by atoms with van der Waals surface area (Å²) < 4.78 is 75.4. The molecule has 0 aliphatic rings. The number of rotatable bonds is 14. The number of ether oxygens (including phenoxy) is 1. The molecule has 150 valence electrons. The van der Waals surface area contributed by atoms with Gasteiger partial charge in [-0.05, 0) is 24.9 Å². The first kappa shape index (κ1) is 23.0. The number of benzene rings is 1. The van der Waals surface area contributed by atoms with Crippen LogP contribution in [0.3, 0.4) is 0 Å². The predicted molar refractivity (Wildman–Crippen MR) is 92.7 cm³/mol. The smallest absolute Gasteiger partial charge is 0.206 e. The highest BCUT2D eigenvalue weighted by Gasteiger charge is 2.26. The third kappa shape index (κ3) is 7.70. The third-order valence-corrected chi connectivity index (χ3v) is 4.60. The molecule has 0 atom stereocenters. The van der Waals surface area contributed by atoms with Gasteiger partial charge in [0.1, 0.15) is 0 Å². The maximum absolute atomic E-state index is 13.4. The van der Waals surface area contributed by atoms with Gasteiger partial charge < -0.3 is 8.92 Å². The van der Waals surface area contributed by atoms with Crippen LogP contribution < -0.4 is 4.74 Å². The SMILES string of the molecule is COSCCCCCCCCCCCOc1c(F)c(F)c(F)c(F)c1F. The quantitative estimate of drug-likeness (QED) is 0.116. The lowest BCUT2D eigenvalue weighted by molar-refractivity contribution is 0.255. The molecule has 1 aromatic rings. The molecule has 26 heavy (non-hydrogen) atoms. The molecular formula is C18H25F5O2S. The Morgan fingerprint density at radius 1 is 0.615 bits per heavy atom. The molecule has 0 N–H and O–H groups in total. The Labute approximate surface area is 155 Å². The zero-order chi connectivity index (χ0) is 19.4. The van der Waals surface area contributed by atoms with Crippen LogP contribution >= 0.6 is 12.0 Å². The van der Waals surface area contributed by atoms with Crippen LogP contribution in [0.2, 0.25) is 0 Å². The maximum atomic E-state index is 13.4. The highest BCUT2D eigenvalue weighted by atomic mass is 32.2. The minimum absolute atomic E-state index is 0.0878. The lowest BCUT2D eigenvalue weighted by Crippen LogP contribution is -2.08. The van der Waals surface area contributed by atoms with Gasteiger partial charge in [0.15, 0.2) is 5.75 Å². The molecule has 0 heterocycles. The zero-order valence-electron chi connectivity index (χ0n) is 14.9. The second-order valence-electron chi connectivity index (χ2n) is 5.92. The first-order valence-corrected chi connectivity index (χ1v) is 9.71. The van der Waals surface area contributed by atoms with Gasteiger partial charge in [-0.3, -0.25) is 0 Å². The summed E-state index contributed by atoms with van der Waals surface area (Å²) in [7, 11) is 1.67. The van der Waals surface area contributed by atoms with Crippen LogP contribution in [0.5, 0.6) is 5.75 Å². The van der Waals surface area contributed by atoms with E-state index in [9.17, 15) is 22.0 Å². The van der Waals surface area contributed by atoms with E-state index in [4.69, 9.17) is 8.92 Å². The molecule has 0 unspecified atom stereocenters. The van der Waals surface area contributed by atoms with Crippen molar-refractivity contribution in [2.24, 2.45) is 0 Å². The highest BCUT2D eigenvalue weighted by molar-refractivity contribution is 7.94. The van der Waals surface area contributed by atoms with Crippen molar-refractivity contribution in [3.63, 3.8) is 0 Å². The predicted octanol–water partition coefficient (Wildman–Crippen LogP) is 6.57. The van der Waals surface area contributed by atoms with Crippen LogP contribution in [0.1, 0.15) is 57.8 Å². The number of hydrogen-bond donors (Lipinski definition) is 0. The lowest BCUT2D eigenvalue weighted by atomic mass is 10.1. The fourth-order valence-corrected chi connectivity index (χ4v) is 2.96. The van der Waals surface area contributed by atoms with Crippen LogP contribution in [0.25, 0.3) is 0 Å². The summed E-state index contributed by atoms with van der Waals surface area (Å²) in [6.07, 6.45) is 9.07. The van der Waals surface area contributed by atoms with Crippen molar-refractivity contribution in [3.8, 4) is 5.75 Å². The standard InChI is InChI=1S/C18H25F5O2S/c1-24-26-12-10-8-6-4-2-3-5-7-9-11-25-18-16(22)14(20)13(19)15(21)17(18)23/h2-12H2,1H3. The maximum Gasteiger partial charge on any atom is 0.206 e. The lowest BCUT2D eigenvalue weighted by Gasteiger charge is -2.10. The average molecular weight is 400 g/mol. The number of hydrogen-bond acceptors (Lipinski definition) is 3. The van der Waals surface area contributed by atoms with Crippen molar-refractivity contribution in [1.82, 2.24) is 0 Å². The summed E-state index contributed by atoms with van der Waals surface area (Å²) >= 11 is 1.47. The first-order chi connectivity index (χ1) is 12.5. The molecule has 0 saturated heterocycles. The minimum Gasteiger partial charge on any atom is -0.487 e. The van der Waals surface area contributed by atoms with Crippen molar-refractivity contribution in [1.29, 1.82) is 0 Å². The topological polar surface area (TPSA) is 18.5 Å². The van der Waals surface area contributed by atoms with Gasteiger partial charge >= 0.3 is 0 Å². The summed E-state index contributed by atoms with van der Waals surface area (Å²) in [5.41, 5.74) is 0. The van der Waals surface area contributed by atoms with Crippen molar-refractivity contribution in [2.45, 2.75) is 57.8 Å². The van der Waals surface area contributed by atoms with E-state index in [1.54, 1.807) is 7.11 Å². The van der Waals surface area contributed by atoms with Gasteiger partial charge in [-0.2, -0.15) is 8.78 Å². The molecule has 8 heteroatoms. The molecule has 0 spiro atoms. The Bertz CT molecular complexity index is 514. The molecule has 0 aromatic heterocycles. The molecule has 0 aliphatic carbocycles. The Morgan fingerprint density at radius 3 is 1.54 bits per heavy atom. The molecule has 2 nitrogen and oxygen atoms in total. The van der Waals surface area contributed by atoms with Crippen LogP contribution in [0.15, 0.2) is 0 Å². The zero-order valence-corrected chi connectivity index (χ0v) is 15.7. The Balaban J connectivity index is 2.10. The van der Waals surface area contributed by atoms with E-state index < -0.39 is 34.8 Å². The molecule has 1 aromatic carbocycles. The van der Waals surface area contributed by atoms with Gasteiger partial charge in [-0.15, -0.1) is 0 Å². The van der Waals surface area contributed by atoms with E-state index in [1.165, 1.54) is 31.3 Å². The van der Waals surface area contributed by atoms with E-state index in [-0.39, 0.29) is 6.61 Å². The van der Waals surface area contributed by atoms with E-state index in [0.29, 0.717) is 6.42 Å². The molecule has 0 aliphatic heterocycles. The molecule has 1 rings (SSSR count). The monoisotopic (exact) mass is 400 g/mol. The van der Waals surface area contributed by atoms with Crippen molar-refractivity contribution in [3.05, 3.63) is 29.1 Å². The second-order valence-corrected chi connectivity index (χ2v) is 6.90. The largest absolute Gasteiger partial charge is 0.487 e. The Kier molecular flexibility index (Phi) is 11.7. The summed E-state index contributed by atoms with van der Waals surface area (Å²) in [6.45, 7) is -0.0878. The van der Waals surface area contributed by atoms with Crippen molar-refractivity contribution in [2.75, 3.05) is 19.5 Å². The fraction of sp³-hybridized carbons (Fsp3) is 0.667. The van der Waals surface area contributed by atoms with Crippen LogP contribution in [0, 0.1) is 29.1 Å². The van der Waals surface area contributed by atoms with Crippen molar-refractivity contribution >= 4 is 12.0 Å². The van der Waals surface area contributed by atoms with E-state index in [0.717, 1.165) is 37.9 Å². The summed E-state index contributed by atoms with van der Waals surface area (Å²) in [4.78, 5) is 0. The molecule has 0 saturated carbocycles. The minimum atomic E-state index is -2.18. The van der Waals surface area contributed by atoms with Crippen LogP contribution in [-0.4, -0.2) is 19.5 Å². The van der Waals surface area contributed by atoms with Gasteiger partial charge in [0, 0.05) is 5.75 Å². The number of halogens is 5. The summed E-state index contributed by atoms with van der Waals surface area (Å²) in [5, 5.41) is 0. The van der Waals surface area contributed by atoms with Crippen LogP contribution in [0.4, 0.5) is 22.0 Å². The van der Waals surface area contributed by atoms with Gasteiger partial charge in [0.25, 0.3) is 0 Å². The molecule has 0 radical (unpaired) electrons. The second kappa shape index (κ2) is 13.2. The van der Waals surface area contributed by atoms with Gasteiger partial charge in [-0.1, -0.05) is 44.9 Å². The fourth-order valence-electron chi connectivity index (χ4n) is 2.47. The van der Waals surface area contributed by atoms with Gasteiger partial charge in [0.2, 0.25) is 29.1 Å². The normalized spacial score (nSPS) is 11.2. The highest BCUT2D eigenvalue weighted by Crippen LogP contribution is 2.29. The summed E-state index contributed by atoms with van der Waals surface area (Å²) in [6, 6.07) is 0. The first-order valence-electron chi connectivity index (χ1n) is 8.80. The van der Waals surface area contributed by atoms with Gasteiger partial charge in [0.05, 0.1) is 13.7 Å². The van der Waals surface area contributed by atoms with E-state index >= 15 is 0 Å². The van der Waals surface area contributed by atoms with Crippen LogP contribution in [-0.2, 0) is 4.18 Å². The van der Waals surface area contributed by atoms with Gasteiger partial charge in [-0.25, -0.2) is 13.2 Å². The average Bonchev–Trinajstić information content (AvgIpc) is 2.64. The Hall–Kier alpha value is -1.02. The Morgan fingerprint density at radius 2 is 1.04 bits per heavy atom. The molecular weight excluding hydrogens is 375 g/mol. The molecule has 0 fully saturated rings.